The van der Waals surface area contributed by atoms with Crippen molar-refractivity contribution in [3.63, 3.8) is 0 Å². The van der Waals surface area contributed by atoms with E-state index in [2.05, 4.69) is 20.3 Å². The first kappa shape index (κ1) is 18.6. The molecule has 3 aromatic rings. The molecule has 0 bridgehead atoms. The van der Waals surface area contributed by atoms with E-state index in [0.29, 0.717) is 10.7 Å². The summed E-state index contributed by atoms with van der Waals surface area (Å²) in [6, 6.07) is 14.7. The van der Waals surface area contributed by atoms with Crippen LogP contribution >= 0.6 is 11.3 Å². The van der Waals surface area contributed by atoms with E-state index in [1.54, 1.807) is 37.6 Å². The molecule has 2 aromatic carbocycles. The van der Waals surface area contributed by atoms with Gasteiger partial charge >= 0.3 is 0 Å². The lowest BCUT2D eigenvalue weighted by molar-refractivity contribution is 0.102. The molecule has 27 heavy (non-hydrogen) atoms. The lowest BCUT2D eigenvalue weighted by atomic mass is 10.1. The second kappa shape index (κ2) is 8.46. The maximum absolute atomic E-state index is 12.5. The molecule has 0 saturated heterocycles. The zero-order valence-corrected chi connectivity index (χ0v) is 16.0. The smallest absolute Gasteiger partial charge is 0.257 e. The van der Waals surface area contributed by atoms with Crippen LogP contribution in [-0.4, -0.2) is 31.3 Å². The molecule has 1 N–H and O–H groups in total. The summed E-state index contributed by atoms with van der Waals surface area (Å²) in [5, 5.41) is 7.12. The van der Waals surface area contributed by atoms with Gasteiger partial charge in [-0.05, 0) is 48.9 Å². The first-order valence-electron chi connectivity index (χ1n) is 8.20. The second-order valence-corrected chi connectivity index (χ2v) is 6.85. The Morgan fingerprint density at radius 2 is 1.81 bits per heavy atom. The molecule has 0 spiro atoms. The van der Waals surface area contributed by atoms with Gasteiger partial charge in [-0.2, -0.15) is 0 Å². The molecule has 1 aromatic heterocycles. The summed E-state index contributed by atoms with van der Waals surface area (Å²) < 4.78 is 5.18. The minimum absolute atomic E-state index is 0.208. The highest BCUT2D eigenvalue weighted by Crippen LogP contribution is 2.31. The number of carbonyl (C=O) groups excluding carboxylic acids is 1. The number of anilines is 1. The molecule has 138 valence electrons. The van der Waals surface area contributed by atoms with E-state index in [1.165, 1.54) is 18.4 Å². The van der Waals surface area contributed by atoms with E-state index in [4.69, 9.17) is 4.74 Å². The fourth-order valence-electron chi connectivity index (χ4n) is 2.47. The largest absolute Gasteiger partial charge is 0.497 e. The molecule has 3 rings (SSSR count). The third-order valence-electron chi connectivity index (χ3n) is 3.86. The standard InChI is InChI=1S/C20H19N3O3S/c1-13-18(15-8-10-17(25-2)11-9-15)22-20(27-13)23-19(24)16-6-4-14(5-7-16)12-21-26-3/h4-12H,1-3H3,(H,22,23,24)/b21-12+. The number of amides is 1. The third-order valence-corrected chi connectivity index (χ3v) is 4.75. The number of nitrogens with one attached hydrogen (secondary N) is 1. The van der Waals surface area contributed by atoms with Crippen LogP contribution in [0.1, 0.15) is 20.8 Å². The highest BCUT2D eigenvalue weighted by molar-refractivity contribution is 7.16. The maximum atomic E-state index is 12.5. The van der Waals surface area contributed by atoms with Gasteiger partial charge in [0.25, 0.3) is 5.91 Å². The molecule has 0 aliphatic heterocycles. The number of rotatable bonds is 6. The van der Waals surface area contributed by atoms with Crippen molar-refractivity contribution in [2.45, 2.75) is 6.92 Å². The molecule has 0 aliphatic rings. The highest BCUT2D eigenvalue weighted by Gasteiger charge is 2.13. The minimum Gasteiger partial charge on any atom is -0.497 e. The molecule has 7 heteroatoms. The van der Waals surface area contributed by atoms with E-state index in [0.717, 1.165) is 27.4 Å². The van der Waals surface area contributed by atoms with Crippen LogP contribution in [-0.2, 0) is 4.84 Å². The highest BCUT2D eigenvalue weighted by atomic mass is 32.1. The Balaban J connectivity index is 1.73. The predicted octanol–water partition coefficient (Wildman–Crippen LogP) is 4.36. The first-order valence-corrected chi connectivity index (χ1v) is 9.02. The van der Waals surface area contributed by atoms with Crippen LogP contribution in [0.15, 0.2) is 53.7 Å². The van der Waals surface area contributed by atoms with E-state index in [1.807, 2.05) is 31.2 Å². The van der Waals surface area contributed by atoms with Crippen LogP contribution in [0, 0.1) is 6.92 Å². The first-order chi connectivity index (χ1) is 13.1. The van der Waals surface area contributed by atoms with E-state index >= 15 is 0 Å². The zero-order valence-electron chi connectivity index (χ0n) is 15.2. The van der Waals surface area contributed by atoms with Crippen LogP contribution in [0.4, 0.5) is 5.13 Å². The van der Waals surface area contributed by atoms with Crippen LogP contribution < -0.4 is 10.1 Å². The number of benzene rings is 2. The number of ether oxygens (including phenoxy) is 1. The summed E-state index contributed by atoms with van der Waals surface area (Å²) in [6.45, 7) is 1.98. The van der Waals surface area contributed by atoms with Crippen molar-refractivity contribution >= 4 is 28.6 Å². The Morgan fingerprint density at radius 3 is 2.44 bits per heavy atom. The fourth-order valence-corrected chi connectivity index (χ4v) is 3.30. The van der Waals surface area contributed by atoms with Crippen molar-refractivity contribution in [3.05, 3.63) is 64.5 Å². The average Bonchev–Trinajstić information content (AvgIpc) is 3.06. The van der Waals surface area contributed by atoms with Gasteiger partial charge in [-0.15, -0.1) is 11.3 Å². The number of hydrogen-bond donors (Lipinski definition) is 1. The topological polar surface area (TPSA) is 72.8 Å². The van der Waals surface area contributed by atoms with Crippen molar-refractivity contribution < 1.29 is 14.4 Å². The number of carbonyl (C=O) groups is 1. The quantitative estimate of drug-likeness (QED) is 0.509. The van der Waals surface area contributed by atoms with Crippen molar-refractivity contribution in [2.75, 3.05) is 19.5 Å². The Morgan fingerprint density at radius 1 is 1.11 bits per heavy atom. The Labute approximate surface area is 161 Å². The number of nitrogens with zero attached hydrogens (tertiary/aromatic N) is 2. The summed E-state index contributed by atoms with van der Waals surface area (Å²) >= 11 is 1.44. The number of methoxy groups -OCH3 is 1. The summed E-state index contributed by atoms with van der Waals surface area (Å²) in [6.07, 6.45) is 1.58. The number of hydrogen-bond acceptors (Lipinski definition) is 6. The molecule has 1 amide bonds. The third kappa shape index (κ3) is 4.51. The summed E-state index contributed by atoms with van der Waals surface area (Å²) in [5.41, 5.74) is 3.22. The second-order valence-electron chi connectivity index (χ2n) is 5.65. The molecular weight excluding hydrogens is 362 g/mol. The van der Waals surface area contributed by atoms with Gasteiger partial charge in [0.1, 0.15) is 12.9 Å². The average molecular weight is 381 g/mol. The van der Waals surface area contributed by atoms with Crippen molar-refractivity contribution in [3.8, 4) is 17.0 Å². The van der Waals surface area contributed by atoms with Crippen molar-refractivity contribution in [2.24, 2.45) is 5.16 Å². The molecule has 0 atom stereocenters. The lowest BCUT2D eigenvalue weighted by Crippen LogP contribution is -2.11. The molecule has 1 heterocycles. The van der Waals surface area contributed by atoms with Crippen molar-refractivity contribution in [1.29, 1.82) is 0 Å². The lowest BCUT2D eigenvalue weighted by Gasteiger charge is -2.03. The van der Waals surface area contributed by atoms with Gasteiger partial charge in [-0.1, -0.05) is 17.3 Å². The SMILES string of the molecule is CO/N=C/c1ccc(C(=O)Nc2nc(-c3ccc(OC)cc3)c(C)s2)cc1. The van der Waals surface area contributed by atoms with E-state index in [-0.39, 0.29) is 5.91 Å². The van der Waals surface area contributed by atoms with Crippen LogP contribution in [0.5, 0.6) is 5.75 Å². The Bertz CT molecular complexity index is 948. The van der Waals surface area contributed by atoms with Gasteiger partial charge in [0, 0.05) is 16.0 Å². The fraction of sp³-hybridized carbons (Fsp3) is 0.150. The number of aromatic nitrogens is 1. The molecule has 0 saturated carbocycles. The van der Waals surface area contributed by atoms with Crippen molar-refractivity contribution in [1.82, 2.24) is 4.98 Å². The summed E-state index contributed by atoms with van der Waals surface area (Å²) in [4.78, 5) is 22.7. The molecule has 0 fully saturated rings. The predicted molar refractivity (Wildman–Crippen MR) is 108 cm³/mol. The number of thiazole rings is 1. The summed E-state index contributed by atoms with van der Waals surface area (Å²) in [7, 11) is 3.11. The van der Waals surface area contributed by atoms with Gasteiger partial charge < -0.3 is 9.57 Å². The minimum atomic E-state index is -0.208. The normalized spacial score (nSPS) is 10.8. The number of oxime groups is 1. The van der Waals surface area contributed by atoms with E-state index in [9.17, 15) is 4.79 Å². The Hall–Kier alpha value is -3.19. The van der Waals surface area contributed by atoms with Gasteiger partial charge in [-0.3, -0.25) is 10.1 Å². The van der Waals surface area contributed by atoms with E-state index < -0.39 is 0 Å². The monoisotopic (exact) mass is 381 g/mol. The van der Waals surface area contributed by atoms with Gasteiger partial charge in [0.15, 0.2) is 5.13 Å². The molecule has 0 unspecified atom stereocenters. The molecular formula is C20H19N3O3S. The van der Waals surface area contributed by atoms with Crippen LogP contribution in [0.3, 0.4) is 0 Å². The van der Waals surface area contributed by atoms with Gasteiger partial charge in [0.2, 0.25) is 0 Å². The number of aryl methyl sites for hydroxylation is 1. The molecule has 6 nitrogen and oxygen atoms in total. The summed E-state index contributed by atoms with van der Waals surface area (Å²) in [5.74, 6) is 0.583. The van der Waals surface area contributed by atoms with Crippen LogP contribution in [0.2, 0.25) is 0 Å². The van der Waals surface area contributed by atoms with Gasteiger partial charge in [0.05, 0.1) is 19.0 Å². The van der Waals surface area contributed by atoms with Crippen LogP contribution in [0.25, 0.3) is 11.3 Å². The zero-order chi connectivity index (χ0) is 19.2. The maximum Gasteiger partial charge on any atom is 0.257 e. The van der Waals surface area contributed by atoms with Gasteiger partial charge in [-0.25, -0.2) is 4.98 Å². The molecule has 0 aliphatic carbocycles. The Kier molecular flexibility index (Phi) is 5.83. The molecule has 0 radical (unpaired) electrons.